The van der Waals surface area contributed by atoms with Crippen LogP contribution in [0.25, 0.3) is 11.1 Å². The molecule has 20 aliphatic rings. The van der Waals surface area contributed by atoms with Crippen LogP contribution in [0.2, 0.25) is 0 Å². The zero-order chi connectivity index (χ0) is 89.5. The first-order chi connectivity index (χ1) is 60.8. The van der Waals surface area contributed by atoms with Crippen LogP contribution >= 0.6 is 0 Å². The van der Waals surface area contributed by atoms with Crippen molar-refractivity contribution in [1.29, 1.82) is 0 Å². The van der Waals surface area contributed by atoms with Crippen molar-refractivity contribution in [2.75, 3.05) is 53.6 Å². The monoisotopic (exact) mass is 1760 g/mol. The number of hydrogen-bond donors (Lipinski definition) is 2. The van der Waals surface area contributed by atoms with Gasteiger partial charge in [0, 0.05) is 11.1 Å². The van der Waals surface area contributed by atoms with Crippen LogP contribution in [0.1, 0.15) is 304 Å². The van der Waals surface area contributed by atoms with Gasteiger partial charge in [0.1, 0.15) is 24.4 Å². The van der Waals surface area contributed by atoms with Gasteiger partial charge in [0.25, 0.3) is 0 Å². The van der Waals surface area contributed by atoms with E-state index in [1.807, 2.05) is 38.1 Å². The first kappa shape index (κ1) is 94.6. The number of benzene rings is 2. The summed E-state index contributed by atoms with van der Waals surface area (Å²) in [6, 6.07) is 14.6. The Morgan fingerprint density at radius 3 is 0.953 bits per heavy atom. The van der Waals surface area contributed by atoms with Gasteiger partial charge in [-0.1, -0.05) is 68.7 Å². The third kappa shape index (κ3) is 24.4. The van der Waals surface area contributed by atoms with Gasteiger partial charge in [0.15, 0.2) is 27.2 Å². The van der Waals surface area contributed by atoms with Crippen molar-refractivity contribution in [2.24, 2.45) is 123 Å². The second-order valence-electron chi connectivity index (χ2n) is 43.7. The Bertz CT molecular complexity index is 4090. The maximum absolute atomic E-state index is 12.5. The fourth-order valence-corrected chi connectivity index (χ4v) is 28.1. The standard InChI is InChI=1S/2C29H38O5.C24H36O6.C23H34O6/c1-19(2)23-3-5-25(6-4-23)28(31)34-26-9-7-24(8-10-26)27(30)33-18-32-17-29-14-20-11-21(15-29)13-22(12-20)16-29;1-18(2)21-3-5-23(6-4-21)29(31)34-26-9-7-22(8-10-26)28(30)33-17-32-16-27-24-12-19-11-20(14-24)15-25(27)13-19;1-15(2)21(25)30-19-6-4-16(5-7-19)22(26)29-14-28-12-20-17-8-23(3)9-18(20)11-24(27,10-17)13-23;1-14(2)21(24)29-19-5-3-16(4-6-19)22(25)28-13-27-12-20-17-7-15-8-18(20)11-23(26,9-15)10-17/h3-6,20-22,24,26H,1,7-18H2,2H3;3-6,19-20,22,24-27H,1,7-17H2,2H3;16-20,27H,1,4-14H2,2-3H3;15-20,26H,1,3-13H2,2H3. The van der Waals surface area contributed by atoms with E-state index >= 15 is 0 Å². The molecule has 2 aromatic rings. The Morgan fingerprint density at radius 2 is 0.622 bits per heavy atom. The van der Waals surface area contributed by atoms with E-state index < -0.39 is 11.2 Å². The first-order valence-electron chi connectivity index (χ1n) is 48.9. The summed E-state index contributed by atoms with van der Waals surface area (Å²) in [6.45, 7) is 27.3. The SMILES string of the molecule is C=C(C)C(=O)OC1CCC(C(=O)OCOCC2C3CC4(C)CC2CC(O)(C3)C4)CC1.C=C(C)C(=O)OC1CCC(C(=O)OCOCC2C3CC4CC2CC(O)(C4)C3)CC1.C=C(C)c1ccc(C(=O)OC2CCC(C(=O)OCOCC34CC5CC(CC(C5)C3)C4)CC2)cc1.C=C(C)c1ccc(C(=O)OC2CCC(C(=O)OCOCC3C4CC5CC(C4)CC3C5)CC2)cc1. The predicted molar refractivity (Wildman–Crippen MR) is 475 cm³/mol. The number of aliphatic hydroxyl groups is 2. The van der Waals surface area contributed by atoms with Crippen LogP contribution in [0.4, 0.5) is 0 Å². The molecule has 22 heteroatoms. The molecule has 698 valence electrons. The summed E-state index contributed by atoms with van der Waals surface area (Å²) in [5, 5.41) is 21.5. The van der Waals surface area contributed by atoms with Gasteiger partial charge in [-0.15, -0.1) is 0 Å². The summed E-state index contributed by atoms with van der Waals surface area (Å²) in [7, 11) is 0. The molecular weight excluding hydrogens is 1610 g/mol. The molecule has 16 bridgehead atoms. The van der Waals surface area contributed by atoms with E-state index in [1.165, 1.54) is 96.3 Å². The first-order valence-corrected chi connectivity index (χ1v) is 48.9. The zero-order valence-electron chi connectivity index (χ0n) is 76.6. The number of carbonyl (C=O) groups is 8. The Balaban J connectivity index is 0.000000131. The molecule has 0 radical (unpaired) electrons. The molecule has 2 aromatic carbocycles. The molecule has 2 N–H and O–H groups in total. The predicted octanol–water partition coefficient (Wildman–Crippen LogP) is 19.3. The summed E-state index contributed by atoms with van der Waals surface area (Å²) in [5.74, 6) is 8.08. The quantitative estimate of drug-likeness (QED) is 0.0241. The Morgan fingerprint density at radius 1 is 0.331 bits per heavy atom. The summed E-state index contributed by atoms with van der Waals surface area (Å²) in [5.41, 5.74) is 5.59. The van der Waals surface area contributed by atoms with Crippen molar-refractivity contribution in [2.45, 2.75) is 308 Å². The average Bonchev–Trinajstić information content (AvgIpc) is 0.726. The van der Waals surface area contributed by atoms with Gasteiger partial charge >= 0.3 is 47.8 Å². The second-order valence-corrected chi connectivity index (χ2v) is 43.7. The minimum Gasteiger partial charge on any atom is -0.459 e. The molecule has 20 aliphatic carbocycles. The van der Waals surface area contributed by atoms with Gasteiger partial charge < -0.3 is 67.1 Å². The lowest BCUT2D eigenvalue weighted by Crippen LogP contribution is -2.59. The second kappa shape index (κ2) is 41.8. The molecule has 0 aromatic heterocycles. The van der Waals surface area contributed by atoms with Crippen molar-refractivity contribution in [3.05, 3.63) is 108 Å². The molecule has 20 saturated carbocycles. The largest absolute Gasteiger partial charge is 0.459 e. The molecule has 22 nitrogen and oxygen atoms in total. The molecule has 0 saturated heterocycles. The molecule has 0 heterocycles. The maximum atomic E-state index is 12.5. The highest BCUT2D eigenvalue weighted by atomic mass is 16.7. The lowest BCUT2D eigenvalue weighted by atomic mass is 9.45. The molecular formula is C105H146O22. The van der Waals surface area contributed by atoms with Crippen LogP contribution in [0.5, 0.6) is 0 Å². The van der Waals surface area contributed by atoms with Crippen LogP contribution in [0.15, 0.2) is 86.0 Å². The Kier molecular flexibility index (Phi) is 31.1. The zero-order valence-corrected chi connectivity index (χ0v) is 76.6. The molecule has 0 amide bonds. The fourth-order valence-electron chi connectivity index (χ4n) is 28.1. The minimum absolute atomic E-state index is 0.000875. The van der Waals surface area contributed by atoms with Gasteiger partial charge in [-0.3, -0.25) is 19.2 Å². The van der Waals surface area contributed by atoms with Gasteiger partial charge in [-0.05, 0) is 400 Å². The minimum atomic E-state index is -0.457. The van der Waals surface area contributed by atoms with Crippen molar-refractivity contribution >= 4 is 58.9 Å². The van der Waals surface area contributed by atoms with E-state index in [2.05, 4.69) is 33.2 Å². The lowest BCUT2D eigenvalue weighted by molar-refractivity contribution is -0.200. The van der Waals surface area contributed by atoms with Crippen LogP contribution in [0.3, 0.4) is 0 Å². The van der Waals surface area contributed by atoms with Crippen molar-refractivity contribution in [3.8, 4) is 0 Å². The third-order valence-corrected chi connectivity index (χ3v) is 33.3. The Hall–Kier alpha value is -7.08. The number of carbonyl (C=O) groups excluding carboxylic acids is 8. The highest BCUT2D eigenvalue weighted by molar-refractivity contribution is 5.91. The van der Waals surface area contributed by atoms with E-state index in [0.29, 0.717) is 196 Å². The summed E-state index contributed by atoms with van der Waals surface area (Å²) in [6.07, 6.45) is 35.8. The highest BCUT2D eigenvalue weighted by Gasteiger charge is 2.60. The van der Waals surface area contributed by atoms with Crippen molar-refractivity contribution in [3.63, 3.8) is 0 Å². The summed E-state index contributed by atoms with van der Waals surface area (Å²) < 4.78 is 67.1. The van der Waals surface area contributed by atoms with Crippen LogP contribution in [0, 0.1) is 123 Å². The number of ether oxygens (including phenoxy) is 12. The van der Waals surface area contributed by atoms with Crippen LogP contribution in [-0.2, 0) is 85.6 Å². The number of allylic oxidation sites excluding steroid dienone is 2. The molecule has 0 aliphatic heterocycles. The summed E-state index contributed by atoms with van der Waals surface area (Å²) >= 11 is 0. The fraction of sp³-hybridized carbons (Fsp3) is 0.733. The number of hydrogen-bond acceptors (Lipinski definition) is 22. The lowest BCUT2D eigenvalue weighted by Gasteiger charge is -2.62. The van der Waals surface area contributed by atoms with E-state index in [9.17, 15) is 48.6 Å². The van der Waals surface area contributed by atoms with Gasteiger partial charge in [0.05, 0.1) is 72.4 Å². The van der Waals surface area contributed by atoms with Crippen LogP contribution < -0.4 is 0 Å². The van der Waals surface area contributed by atoms with Crippen molar-refractivity contribution in [1.82, 2.24) is 0 Å². The maximum Gasteiger partial charge on any atom is 0.338 e. The number of rotatable bonds is 30. The van der Waals surface area contributed by atoms with Gasteiger partial charge in [-0.25, -0.2) is 19.2 Å². The van der Waals surface area contributed by atoms with E-state index in [0.717, 1.165) is 115 Å². The van der Waals surface area contributed by atoms with Gasteiger partial charge in [0.2, 0.25) is 0 Å². The van der Waals surface area contributed by atoms with E-state index in [1.54, 1.807) is 38.1 Å². The average molecular weight is 1760 g/mol. The molecule has 127 heavy (non-hydrogen) atoms. The van der Waals surface area contributed by atoms with Crippen LogP contribution in [-0.4, -0.2) is 147 Å². The molecule has 4 unspecified atom stereocenters. The van der Waals surface area contributed by atoms with Gasteiger partial charge in [-0.2, -0.15) is 0 Å². The molecule has 20 fully saturated rings. The third-order valence-electron chi connectivity index (χ3n) is 33.3. The Labute approximate surface area is 753 Å². The van der Waals surface area contributed by atoms with E-state index in [-0.39, 0.29) is 123 Å². The van der Waals surface area contributed by atoms with Crippen molar-refractivity contribution < 1.29 is 105 Å². The molecule has 4 atom stereocenters. The smallest absolute Gasteiger partial charge is 0.338 e. The molecule has 22 rings (SSSR count). The molecule has 0 spiro atoms. The van der Waals surface area contributed by atoms with E-state index in [4.69, 9.17) is 56.8 Å². The number of esters is 8. The highest BCUT2D eigenvalue weighted by Crippen LogP contribution is 2.65. The summed E-state index contributed by atoms with van der Waals surface area (Å²) in [4.78, 5) is 97.9. The normalized spacial score (nSPS) is 37.4. The topological polar surface area (TPSA) is 288 Å².